The van der Waals surface area contributed by atoms with Crippen LogP contribution in [0.2, 0.25) is 5.02 Å². The van der Waals surface area contributed by atoms with E-state index in [1.165, 1.54) is 35.5 Å². The number of fused-ring (bicyclic) bond motifs is 4. The van der Waals surface area contributed by atoms with Crippen LogP contribution in [0.25, 0.3) is 31.8 Å². The molecule has 5 aromatic rings. The Bertz CT molecular complexity index is 1840. The van der Waals surface area contributed by atoms with Crippen LogP contribution in [0.3, 0.4) is 0 Å². The minimum Gasteiger partial charge on any atom is -0.480 e. The summed E-state index contributed by atoms with van der Waals surface area (Å²) in [5.74, 6) is 1.22. The van der Waals surface area contributed by atoms with Crippen molar-refractivity contribution in [2.45, 2.75) is 13.2 Å². The van der Waals surface area contributed by atoms with Gasteiger partial charge in [-0.3, -0.25) is 4.90 Å². The van der Waals surface area contributed by atoms with E-state index in [1.807, 2.05) is 25.1 Å². The minimum absolute atomic E-state index is 0.0409. The molecule has 13 heteroatoms. The van der Waals surface area contributed by atoms with E-state index in [4.69, 9.17) is 40.8 Å². The Labute approximate surface area is 236 Å². The SMILES string of the molecule is COc1cnc2c(-c3nc4c(Cl)cc5c(c4s3)OC[C@@H](OC(=O)N(C)c3ccc(C#N)nc3)O5)cc(C)cc2n1. The molecule has 0 spiro atoms. The predicted molar refractivity (Wildman–Crippen MR) is 148 cm³/mol. The maximum atomic E-state index is 12.7. The molecule has 11 nitrogen and oxygen atoms in total. The Kier molecular flexibility index (Phi) is 6.45. The summed E-state index contributed by atoms with van der Waals surface area (Å²) in [5, 5.41) is 9.96. The first kappa shape index (κ1) is 25.5. The number of pyridine rings is 1. The van der Waals surface area contributed by atoms with Crippen LogP contribution in [0.15, 0.2) is 42.7 Å². The Hall–Kier alpha value is -4.73. The van der Waals surface area contributed by atoms with E-state index in [0.29, 0.717) is 54.3 Å². The van der Waals surface area contributed by atoms with Gasteiger partial charge in [0, 0.05) is 18.7 Å². The molecule has 2 aromatic carbocycles. The third kappa shape index (κ3) is 4.55. The molecule has 0 saturated carbocycles. The quantitative estimate of drug-likeness (QED) is 0.270. The van der Waals surface area contributed by atoms with Gasteiger partial charge in [-0.05, 0) is 36.8 Å². The van der Waals surface area contributed by atoms with Gasteiger partial charge in [-0.15, -0.1) is 11.3 Å². The van der Waals surface area contributed by atoms with Gasteiger partial charge >= 0.3 is 6.09 Å². The third-order valence-electron chi connectivity index (χ3n) is 6.13. The normalized spacial score (nSPS) is 14.1. The van der Waals surface area contributed by atoms with Crippen molar-refractivity contribution in [3.05, 3.63) is 59.0 Å². The van der Waals surface area contributed by atoms with E-state index in [1.54, 1.807) is 25.4 Å². The number of halogens is 1. The summed E-state index contributed by atoms with van der Waals surface area (Å²) in [6.07, 6.45) is 1.28. The van der Waals surface area contributed by atoms with Gasteiger partial charge in [0.15, 0.2) is 18.1 Å². The summed E-state index contributed by atoms with van der Waals surface area (Å²) in [6.45, 7) is 1.93. The van der Waals surface area contributed by atoms with Gasteiger partial charge in [0.2, 0.25) is 5.88 Å². The summed E-state index contributed by atoms with van der Waals surface area (Å²) in [7, 11) is 3.07. The van der Waals surface area contributed by atoms with Crippen molar-refractivity contribution in [3.8, 4) is 34.0 Å². The Balaban J connectivity index is 1.28. The van der Waals surface area contributed by atoms with E-state index in [2.05, 4.69) is 15.0 Å². The fourth-order valence-corrected chi connectivity index (χ4v) is 5.57. The Morgan fingerprint density at radius 1 is 1.20 bits per heavy atom. The molecule has 1 aliphatic rings. The first-order valence-corrected chi connectivity index (χ1v) is 13.1. The zero-order valence-electron chi connectivity index (χ0n) is 21.3. The number of carbonyl (C=O) groups excluding carboxylic acids is 1. The number of methoxy groups -OCH3 is 1. The average molecular weight is 575 g/mol. The monoisotopic (exact) mass is 574 g/mol. The van der Waals surface area contributed by atoms with Crippen molar-refractivity contribution in [2.75, 3.05) is 25.7 Å². The maximum absolute atomic E-state index is 12.7. The van der Waals surface area contributed by atoms with Crippen molar-refractivity contribution in [2.24, 2.45) is 0 Å². The number of nitriles is 1. The van der Waals surface area contributed by atoms with Crippen LogP contribution in [-0.2, 0) is 4.74 Å². The zero-order chi connectivity index (χ0) is 28.0. The molecule has 1 amide bonds. The lowest BCUT2D eigenvalue weighted by Crippen LogP contribution is -2.38. The number of aryl methyl sites for hydroxylation is 1. The van der Waals surface area contributed by atoms with Crippen LogP contribution >= 0.6 is 22.9 Å². The van der Waals surface area contributed by atoms with Gasteiger partial charge in [0.05, 0.1) is 41.2 Å². The second-order valence-corrected chi connectivity index (χ2v) is 10.2. The molecule has 1 atom stereocenters. The summed E-state index contributed by atoms with van der Waals surface area (Å²) in [6, 6.07) is 10.6. The molecule has 0 aliphatic carbocycles. The van der Waals surface area contributed by atoms with E-state index in [-0.39, 0.29) is 12.3 Å². The first-order valence-electron chi connectivity index (χ1n) is 11.9. The van der Waals surface area contributed by atoms with Crippen LogP contribution in [0.4, 0.5) is 10.5 Å². The molecule has 40 heavy (non-hydrogen) atoms. The number of ether oxygens (including phenoxy) is 4. The molecule has 6 rings (SSSR count). The number of hydrogen-bond acceptors (Lipinski definition) is 11. The highest BCUT2D eigenvalue weighted by atomic mass is 35.5. The van der Waals surface area contributed by atoms with Crippen LogP contribution < -0.4 is 19.1 Å². The van der Waals surface area contributed by atoms with Gasteiger partial charge in [-0.1, -0.05) is 11.6 Å². The van der Waals surface area contributed by atoms with E-state index in [0.717, 1.165) is 11.1 Å². The van der Waals surface area contributed by atoms with Crippen molar-refractivity contribution < 1.29 is 23.7 Å². The second kappa shape index (κ2) is 10.1. The third-order valence-corrected chi connectivity index (χ3v) is 7.50. The molecule has 0 N–H and O–H groups in total. The molecule has 4 heterocycles. The van der Waals surface area contributed by atoms with Crippen LogP contribution in [-0.4, -0.2) is 53.1 Å². The second-order valence-electron chi connectivity index (χ2n) is 8.79. The molecule has 3 aromatic heterocycles. The lowest BCUT2D eigenvalue weighted by atomic mass is 10.1. The van der Waals surface area contributed by atoms with Crippen molar-refractivity contribution in [1.29, 1.82) is 5.26 Å². The summed E-state index contributed by atoms with van der Waals surface area (Å²) in [4.78, 5) is 31.8. The molecule has 0 fully saturated rings. The minimum atomic E-state index is -1.01. The molecular weight excluding hydrogens is 556 g/mol. The summed E-state index contributed by atoms with van der Waals surface area (Å²) >= 11 is 8.00. The number of hydrogen-bond donors (Lipinski definition) is 0. The average Bonchev–Trinajstić information content (AvgIpc) is 3.42. The smallest absolute Gasteiger partial charge is 0.417 e. The number of rotatable bonds is 4. The molecule has 200 valence electrons. The Morgan fingerprint density at radius 3 is 2.80 bits per heavy atom. The molecule has 0 bridgehead atoms. The van der Waals surface area contributed by atoms with Gasteiger partial charge in [0.25, 0.3) is 6.29 Å². The highest BCUT2D eigenvalue weighted by molar-refractivity contribution is 7.22. The predicted octanol–water partition coefficient (Wildman–Crippen LogP) is 5.51. The number of anilines is 1. The largest absolute Gasteiger partial charge is 0.480 e. The van der Waals surface area contributed by atoms with E-state index < -0.39 is 12.4 Å². The summed E-state index contributed by atoms with van der Waals surface area (Å²) < 4.78 is 23.4. The summed E-state index contributed by atoms with van der Waals surface area (Å²) in [5.41, 5.74) is 4.42. The number of thiazole rings is 1. The van der Waals surface area contributed by atoms with Crippen LogP contribution in [0.5, 0.6) is 17.4 Å². The fraction of sp³-hybridized carbons (Fsp3) is 0.185. The van der Waals surface area contributed by atoms with Crippen molar-refractivity contribution in [3.63, 3.8) is 0 Å². The first-order chi connectivity index (χ1) is 19.3. The number of amides is 1. The number of carbonyl (C=O) groups is 1. The highest BCUT2D eigenvalue weighted by Gasteiger charge is 2.30. The Morgan fingerprint density at radius 2 is 2.05 bits per heavy atom. The van der Waals surface area contributed by atoms with E-state index in [9.17, 15) is 4.79 Å². The number of nitrogens with zero attached hydrogens (tertiary/aromatic N) is 6. The molecule has 0 unspecified atom stereocenters. The molecule has 0 saturated heterocycles. The molecular formula is C27H19ClN6O5S. The van der Waals surface area contributed by atoms with Crippen LogP contribution in [0, 0.1) is 18.3 Å². The lowest BCUT2D eigenvalue weighted by Gasteiger charge is -2.28. The fourth-order valence-electron chi connectivity index (χ4n) is 4.18. The van der Waals surface area contributed by atoms with Crippen molar-refractivity contribution in [1.82, 2.24) is 19.9 Å². The standard InChI is InChI=1S/C27H19ClN6O5S/c1-13-6-16(22-18(7-13)32-20(36-3)11-31-22)26-33-23-17(28)8-19-24(25(23)40-26)37-12-21(38-19)39-27(35)34(2)15-5-4-14(9-29)30-10-15/h4-8,10-11,21H,12H2,1-3H3/t21-/m1/s1. The number of aromatic nitrogens is 4. The van der Waals surface area contributed by atoms with Crippen molar-refractivity contribution >= 4 is 56.0 Å². The van der Waals surface area contributed by atoms with Gasteiger partial charge < -0.3 is 18.9 Å². The van der Waals surface area contributed by atoms with Gasteiger partial charge in [-0.2, -0.15) is 5.26 Å². The highest BCUT2D eigenvalue weighted by Crippen LogP contribution is 2.47. The molecule has 1 aliphatic heterocycles. The van der Waals surface area contributed by atoms with Crippen LogP contribution in [0.1, 0.15) is 11.3 Å². The van der Waals surface area contributed by atoms with Gasteiger partial charge in [-0.25, -0.2) is 24.7 Å². The molecule has 0 radical (unpaired) electrons. The zero-order valence-corrected chi connectivity index (χ0v) is 22.9. The van der Waals surface area contributed by atoms with Gasteiger partial charge in [0.1, 0.15) is 27.0 Å². The topological polar surface area (TPSA) is 133 Å². The number of benzene rings is 2. The lowest BCUT2D eigenvalue weighted by molar-refractivity contribution is -0.0717. The maximum Gasteiger partial charge on any atom is 0.417 e. The van der Waals surface area contributed by atoms with E-state index >= 15 is 0 Å².